The van der Waals surface area contributed by atoms with E-state index in [2.05, 4.69) is 4.98 Å². The van der Waals surface area contributed by atoms with Crippen molar-refractivity contribution >= 4 is 0 Å². The first kappa shape index (κ1) is 6.32. The second-order valence-corrected chi connectivity index (χ2v) is 2.01. The molecular weight excluding hydrogens is 116 g/mol. The Bertz CT molecular complexity index is 158. The monoisotopic (exact) mass is 126 g/mol. The minimum atomic E-state index is 0.549. The Balaban J connectivity index is 2.48. The molecule has 1 rings (SSSR count). The van der Waals surface area contributed by atoms with E-state index in [0.717, 1.165) is 10.8 Å². The maximum Gasteiger partial charge on any atom is 0.0636 e. The summed E-state index contributed by atoms with van der Waals surface area (Å²) in [6.07, 6.45) is 1.83. The molecule has 0 aromatic carbocycles. The van der Waals surface area contributed by atoms with Gasteiger partial charge in [0.1, 0.15) is 0 Å². The van der Waals surface area contributed by atoms with Crippen LogP contribution in [0.5, 0.6) is 0 Å². The van der Waals surface area contributed by atoms with Crippen LogP contribution in [0.2, 0.25) is 0 Å². The Morgan fingerprint density at radius 1 is 1.78 bits per heavy atom. The van der Waals surface area contributed by atoms with Crippen LogP contribution in [0.4, 0.5) is 0 Å². The third-order valence-corrected chi connectivity index (χ3v) is 1.06. The summed E-state index contributed by atoms with van der Waals surface area (Å²) in [6, 6.07) is 3.82. The van der Waals surface area contributed by atoms with E-state index in [0.29, 0.717) is 6.54 Å². The fourth-order valence-electron chi connectivity index (χ4n) is 0.712. The van der Waals surface area contributed by atoms with Gasteiger partial charge >= 0.3 is 0 Å². The first-order valence-corrected chi connectivity index (χ1v) is 2.81. The Hall–Kier alpha value is -0.800. The lowest BCUT2D eigenvalue weighted by Crippen LogP contribution is -2.11. The van der Waals surface area contributed by atoms with Crippen molar-refractivity contribution in [1.29, 1.82) is 0 Å². The highest BCUT2D eigenvalue weighted by Crippen LogP contribution is 1.95. The molecule has 0 radical (unpaired) electrons. The van der Waals surface area contributed by atoms with Crippen molar-refractivity contribution in [3.8, 4) is 0 Å². The van der Waals surface area contributed by atoms with Crippen LogP contribution in [0.3, 0.4) is 0 Å². The minimum Gasteiger partial charge on any atom is -0.364 e. The number of hydroxylamine groups is 2. The first-order valence-electron chi connectivity index (χ1n) is 2.81. The molecule has 0 atom stereocenters. The molecule has 1 aromatic heterocycles. The van der Waals surface area contributed by atoms with Crippen LogP contribution in [0.25, 0.3) is 0 Å². The number of rotatable bonds is 2. The highest BCUT2D eigenvalue weighted by atomic mass is 16.5. The molecule has 3 heteroatoms. The van der Waals surface area contributed by atoms with E-state index >= 15 is 0 Å². The summed E-state index contributed by atoms with van der Waals surface area (Å²) in [5.41, 5.74) is 1.01. The topological polar surface area (TPSA) is 39.3 Å². The first-order chi connectivity index (χ1) is 4.29. The number of nitrogens with zero attached hydrogens (tertiary/aromatic N) is 1. The number of aromatic amines is 1. The van der Waals surface area contributed by atoms with Gasteiger partial charge in [0.25, 0.3) is 0 Å². The van der Waals surface area contributed by atoms with Crippen LogP contribution in [0, 0.1) is 0 Å². The van der Waals surface area contributed by atoms with Gasteiger partial charge < -0.3 is 10.2 Å². The largest absolute Gasteiger partial charge is 0.364 e. The van der Waals surface area contributed by atoms with Gasteiger partial charge in [0, 0.05) is 18.9 Å². The van der Waals surface area contributed by atoms with E-state index in [1.165, 1.54) is 0 Å². The van der Waals surface area contributed by atoms with Crippen molar-refractivity contribution in [2.45, 2.75) is 6.54 Å². The van der Waals surface area contributed by atoms with Gasteiger partial charge in [0.05, 0.1) is 6.54 Å². The Morgan fingerprint density at radius 3 is 3.00 bits per heavy atom. The molecule has 0 bridgehead atoms. The molecule has 0 saturated heterocycles. The normalized spacial score (nSPS) is 10.6. The quantitative estimate of drug-likeness (QED) is 0.576. The number of aromatic nitrogens is 1. The molecule has 9 heavy (non-hydrogen) atoms. The highest BCUT2D eigenvalue weighted by Gasteiger charge is 1.93. The highest BCUT2D eigenvalue weighted by molar-refractivity contribution is 5.02. The van der Waals surface area contributed by atoms with Gasteiger partial charge in [-0.1, -0.05) is 0 Å². The molecule has 0 amide bonds. The summed E-state index contributed by atoms with van der Waals surface area (Å²) in [7, 11) is 1.61. The molecular formula is C6H10N2O. The summed E-state index contributed by atoms with van der Waals surface area (Å²) >= 11 is 0. The summed E-state index contributed by atoms with van der Waals surface area (Å²) in [6.45, 7) is 0.549. The molecule has 3 nitrogen and oxygen atoms in total. The molecule has 0 aliphatic carbocycles. The predicted molar refractivity (Wildman–Crippen MR) is 34.0 cm³/mol. The molecule has 0 unspecified atom stereocenters. The standard InChI is InChI=1S/C6H10N2O/c1-8(9)5-6-3-2-4-7-6/h2-4,7,9H,5H2,1H3. The average Bonchev–Trinajstić information content (AvgIpc) is 2.15. The maximum absolute atomic E-state index is 8.74. The number of hydrogen-bond donors (Lipinski definition) is 2. The van der Waals surface area contributed by atoms with Gasteiger partial charge in [-0.2, -0.15) is 5.06 Å². The third-order valence-electron chi connectivity index (χ3n) is 1.06. The van der Waals surface area contributed by atoms with Gasteiger partial charge in [-0.05, 0) is 12.1 Å². The number of nitrogens with one attached hydrogen (secondary N) is 1. The summed E-state index contributed by atoms with van der Waals surface area (Å²) in [4.78, 5) is 2.97. The van der Waals surface area contributed by atoms with Gasteiger partial charge in [0.15, 0.2) is 0 Å². The van der Waals surface area contributed by atoms with E-state index in [1.54, 1.807) is 7.05 Å². The van der Waals surface area contributed by atoms with Gasteiger partial charge in [0.2, 0.25) is 0 Å². The zero-order valence-corrected chi connectivity index (χ0v) is 5.33. The summed E-state index contributed by atoms with van der Waals surface area (Å²) < 4.78 is 0. The fraction of sp³-hybridized carbons (Fsp3) is 0.333. The van der Waals surface area contributed by atoms with Crippen LogP contribution >= 0.6 is 0 Å². The van der Waals surface area contributed by atoms with Crippen molar-refractivity contribution < 1.29 is 5.21 Å². The predicted octanol–water partition coefficient (Wildman–Crippen LogP) is 0.836. The SMILES string of the molecule is CN(O)Cc1ccc[nH]1. The van der Waals surface area contributed by atoms with E-state index < -0.39 is 0 Å². The van der Waals surface area contributed by atoms with Crippen molar-refractivity contribution in [2.75, 3.05) is 7.05 Å². The van der Waals surface area contributed by atoms with E-state index in [-0.39, 0.29) is 0 Å². The van der Waals surface area contributed by atoms with Crippen LogP contribution in [0.15, 0.2) is 18.3 Å². The lowest BCUT2D eigenvalue weighted by Gasteiger charge is -2.04. The molecule has 0 aliphatic rings. The smallest absolute Gasteiger partial charge is 0.0636 e. The maximum atomic E-state index is 8.74. The average molecular weight is 126 g/mol. The van der Waals surface area contributed by atoms with Crippen LogP contribution in [-0.4, -0.2) is 22.3 Å². The van der Waals surface area contributed by atoms with Gasteiger partial charge in [-0.3, -0.25) is 0 Å². The molecule has 50 valence electrons. The van der Waals surface area contributed by atoms with Crippen molar-refractivity contribution in [3.63, 3.8) is 0 Å². The lowest BCUT2D eigenvalue weighted by molar-refractivity contribution is -0.0739. The number of H-pyrrole nitrogens is 1. The van der Waals surface area contributed by atoms with Crippen LogP contribution < -0.4 is 0 Å². The van der Waals surface area contributed by atoms with Crippen molar-refractivity contribution in [3.05, 3.63) is 24.0 Å². The van der Waals surface area contributed by atoms with E-state index in [1.807, 2.05) is 18.3 Å². The van der Waals surface area contributed by atoms with Crippen LogP contribution in [-0.2, 0) is 6.54 Å². The van der Waals surface area contributed by atoms with Crippen LogP contribution in [0.1, 0.15) is 5.69 Å². The lowest BCUT2D eigenvalue weighted by atomic mass is 10.4. The number of hydrogen-bond acceptors (Lipinski definition) is 2. The Morgan fingerprint density at radius 2 is 2.56 bits per heavy atom. The van der Waals surface area contributed by atoms with Crippen molar-refractivity contribution in [2.24, 2.45) is 0 Å². The Kier molecular flexibility index (Phi) is 1.87. The molecule has 0 aliphatic heterocycles. The van der Waals surface area contributed by atoms with E-state index in [9.17, 15) is 0 Å². The second-order valence-electron chi connectivity index (χ2n) is 2.01. The Labute approximate surface area is 53.9 Å². The molecule has 0 saturated carbocycles. The van der Waals surface area contributed by atoms with E-state index in [4.69, 9.17) is 5.21 Å². The van der Waals surface area contributed by atoms with Gasteiger partial charge in [-0.25, -0.2) is 0 Å². The zero-order chi connectivity index (χ0) is 6.69. The fourth-order valence-corrected chi connectivity index (χ4v) is 0.712. The molecule has 1 aromatic rings. The van der Waals surface area contributed by atoms with Gasteiger partial charge in [-0.15, -0.1) is 0 Å². The van der Waals surface area contributed by atoms with Crippen molar-refractivity contribution in [1.82, 2.24) is 10.0 Å². The molecule has 2 N–H and O–H groups in total. The molecule has 0 fully saturated rings. The summed E-state index contributed by atoms with van der Waals surface area (Å²) in [5, 5.41) is 9.87. The molecule has 0 spiro atoms. The molecule has 1 heterocycles. The zero-order valence-electron chi connectivity index (χ0n) is 5.33. The summed E-state index contributed by atoms with van der Waals surface area (Å²) in [5.74, 6) is 0. The second kappa shape index (κ2) is 2.66. The third kappa shape index (κ3) is 1.87. The minimum absolute atomic E-state index is 0.549.